The quantitative estimate of drug-likeness (QED) is 0.0960. The largest absolute Gasteiger partial charge is 0.482 e. The van der Waals surface area contributed by atoms with Crippen LogP contribution < -0.4 is 25.7 Å². The van der Waals surface area contributed by atoms with Gasteiger partial charge in [-0.3, -0.25) is 19.4 Å². The van der Waals surface area contributed by atoms with Crippen LogP contribution in [0.5, 0.6) is 5.75 Å². The predicted molar refractivity (Wildman–Crippen MR) is 208 cm³/mol. The first-order valence-corrected chi connectivity index (χ1v) is 19.7. The highest BCUT2D eigenvalue weighted by Gasteiger charge is 2.51. The number of hydrogen-bond donors (Lipinski definition) is 7. The Balaban J connectivity index is 1.11. The standard InChI is InChI=1S/C41H49N5O12/c1-4-28-24-6-9-43-27(24)17-45(28)36-37-23(13-25-30(48)11-21(2)56-38(25)36)14-33(40(3,57-37)8-5-22-12-34(51)44-16-22)58-55-19-32(50)41(54,39(53)31(49)18-47)20-46-29-7-10-42-26(29)15-35(46)52/h6-7,9-11,13,15,22,29,31-33,39,42,47,49-50,53-54H,4-5,8,12,14,16-20H2,1-3H3,(H,44,51)/t22-,29?,31+,32-,33+,39+,40+,41+/m0/s1. The number of allylic oxidation sites excluding steroid dienone is 2. The van der Waals surface area contributed by atoms with E-state index in [0.717, 1.165) is 17.0 Å². The number of carbonyl (C=O) groups excluding carboxylic acids is 2. The SMILES string of the molecule is CCC1=C2C=CN=C2CN1c1c2c(cc3c(=O)cc(C)oc13)C[C@@H](OOC[C@H](O)[C@](O)(CN1C(=O)C=C3NC=CC31)[C@H](O)[C@H](O)CO)[C@@](C)(CC[C@@H]1CNC(=O)C1)O2. The minimum Gasteiger partial charge on any atom is -0.482 e. The number of β-amino-alcohol motifs (C(OH)–C–C–N with tert-alkyl or cyclic N) is 1. The van der Waals surface area contributed by atoms with E-state index in [1.807, 2.05) is 19.9 Å². The van der Waals surface area contributed by atoms with E-state index in [4.69, 9.17) is 18.9 Å². The van der Waals surface area contributed by atoms with Gasteiger partial charge in [0.05, 0.1) is 36.8 Å². The lowest BCUT2D eigenvalue weighted by Crippen LogP contribution is -2.65. The molecule has 2 amide bonds. The van der Waals surface area contributed by atoms with Crippen LogP contribution in [-0.4, -0.2) is 122 Å². The van der Waals surface area contributed by atoms with Gasteiger partial charge in [-0.2, -0.15) is 0 Å². The molecule has 0 spiro atoms. The first-order chi connectivity index (χ1) is 27.7. The number of benzene rings is 1. The predicted octanol–water partition coefficient (Wildman–Crippen LogP) is 0.498. The van der Waals surface area contributed by atoms with Gasteiger partial charge < -0.3 is 55.1 Å². The fraction of sp³-hybridized carbons (Fsp3) is 0.512. The van der Waals surface area contributed by atoms with E-state index in [9.17, 15) is 39.9 Å². The third-order valence-corrected chi connectivity index (χ3v) is 12.2. The molecule has 8 rings (SSSR count). The fourth-order valence-electron chi connectivity index (χ4n) is 8.89. The van der Waals surface area contributed by atoms with Crippen LogP contribution in [0, 0.1) is 12.8 Å². The molecular weight excluding hydrogens is 754 g/mol. The van der Waals surface area contributed by atoms with Crippen molar-refractivity contribution in [2.24, 2.45) is 10.9 Å². The Kier molecular flexibility index (Phi) is 10.6. The highest BCUT2D eigenvalue weighted by Crippen LogP contribution is 2.50. The molecule has 1 fully saturated rings. The van der Waals surface area contributed by atoms with Crippen LogP contribution in [0.25, 0.3) is 11.0 Å². The van der Waals surface area contributed by atoms with E-state index >= 15 is 0 Å². The van der Waals surface area contributed by atoms with Crippen molar-refractivity contribution < 1.29 is 54.1 Å². The van der Waals surface area contributed by atoms with Gasteiger partial charge in [-0.25, -0.2) is 9.78 Å². The van der Waals surface area contributed by atoms with Crippen LogP contribution in [-0.2, 0) is 25.8 Å². The third-order valence-electron chi connectivity index (χ3n) is 12.2. The summed E-state index contributed by atoms with van der Waals surface area (Å²) in [5.41, 5.74) is 1.06. The number of fused-ring (bicyclic) bond motifs is 4. The number of aliphatic hydroxyl groups is 5. The van der Waals surface area contributed by atoms with Crippen molar-refractivity contribution in [3.05, 3.63) is 81.3 Å². The molecule has 1 aromatic heterocycles. The Morgan fingerprint density at radius 2 is 1.98 bits per heavy atom. The Morgan fingerprint density at radius 1 is 1.17 bits per heavy atom. The summed E-state index contributed by atoms with van der Waals surface area (Å²) in [6, 6.07) is 2.56. The zero-order valence-electron chi connectivity index (χ0n) is 32.5. The zero-order valence-corrected chi connectivity index (χ0v) is 32.5. The van der Waals surface area contributed by atoms with Crippen molar-refractivity contribution in [1.29, 1.82) is 0 Å². The number of ether oxygens (including phenoxy) is 1. The van der Waals surface area contributed by atoms with Crippen LogP contribution in [0.2, 0.25) is 0 Å². The Hall–Kier alpha value is -4.88. The maximum atomic E-state index is 13.6. The summed E-state index contributed by atoms with van der Waals surface area (Å²) in [6.45, 7) is 4.26. The summed E-state index contributed by atoms with van der Waals surface area (Å²) in [5, 5.41) is 60.6. The van der Waals surface area contributed by atoms with Crippen LogP contribution in [0.15, 0.2) is 73.9 Å². The molecule has 17 heteroatoms. The molecule has 1 aromatic carbocycles. The number of amides is 2. The molecule has 1 unspecified atom stereocenters. The first kappa shape index (κ1) is 39.9. The minimum atomic E-state index is -2.60. The normalized spacial score (nSPS) is 27.2. The monoisotopic (exact) mass is 803 g/mol. The summed E-state index contributed by atoms with van der Waals surface area (Å²) in [6.07, 6.45) is 3.70. The average Bonchev–Trinajstić information content (AvgIpc) is 4.03. The summed E-state index contributed by atoms with van der Waals surface area (Å²) in [5.74, 6) is 0.434. The Morgan fingerprint density at radius 3 is 2.72 bits per heavy atom. The smallest absolute Gasteiger partial charge is 0.249 e. The van der Waals surface area contributed by atoms with Crippen molar-refractivity contribution in [1.82, 2.24) is 15.5 Å². The topological polar surface area (TPSA) is 236 Å². The van der Waals surface area contributed by atoms with E-state index in [0.29, 0.717) is 78.2 Å². The molecule has 6 aliphatic heterocycles. The van der Waals surface area contributed by atoms with Crippen molar-refractivity contribution in [2.75, 3.05) is 37.7 Å². The third kappa shape index (κ3) is 6.93. The average molecular weight is 804 g/mol. The molecule has 310 valence electrons. The molecule has 58 heavy (non-hydrogen) atoms. The van der Waals surface area contributed by atoms with Gasteiger partial charge in [-0.15, -0.1) is 0 Å². The van der Waals surface area contributed by atoms with Gasteiger partial charge in [-0.1, -0.05) is 6.92 Å². The van der Waals surface area contributed by atoms with Gasteiger partial charge in [0.2, 0.25) is 11.8 Å². The number of nitrogens with zero attached hydrogens (tertiary/aromatic N) is 3. The Bertz CT molecular complexity index is 2230. The maximum absolute atomic E-state index is 13.6. The molecule has 0 bridgehead atoms. The number of rotatable bonds is 15. The van der Waals surface area contributed by atoms with Gasteiger partial charge in [0.25, 0.3) is 0 Å². The van der Waals surface area contributed by atoms with Crippen LogP contribution >= 0.6 is 0 Å². The van der Waals surface area contributed by atoms with E-state index in [-0.39, 0.29) is 23.7 Å². The van der Waals surface area contributed by atoms with Crippen molar-refractivity contribution in [3.63, 3.8) is 0 Å². The molecule has 2 aromatic rings. The molecule has 7 heterocycles. The second-order valence-corrected chi connectivity index (χ2v) is 16.1. The molecule has 6 aliphatic rings. The van der Waals surface area contributed by atoms with E-state index in [2.05, 4.69) is 20.5 Å². The number of aryl methyl sites for hydroxylation is 1. The fourth-order valence-corrected chi connectivity index (χ4v) is 8.89. The number of carbonyl (C=O) groups is 2. The maximum Gasteiger partial charge on any atom is 0.249 e. The van der Waals surface area contributed by atoms with E-state index in [1.54, 1.807) is 31.5 Å². The summed E-state index contributed by atoms with van der Waals surface area (Å²) in [4.78, 5) is 58.2. The van der Waals surface area contributed by atoms with Crippen molar-refractivity contribution >= 4 is 34.2 Å². The molecule has 17 nitrogen and oxygen atoms in total. The number of aliphatic hydroxyl groups excluding tert-OH is 4. The van der Waals surface area contributed by atoms with Crippen molar-refractivity contribution in [3.8, 4) is 5.75 Å². The van der Waals surface area contributed by atoms with Gasteiger partial charge >= 0.3 is 0 Å². The number of nitrogens with one attached hydrogen (secondary N) is 2. The molecule has 8 atom stereocenters. The molecular formula is C41H49N5O12. The molecule has 7 N–H and O–H groups in total. The minimum absolute atomic E-state index is 0.0325. The zero-order chi connectivity index (χ0) is 41.1. The Labute approximate surface area is 333 Å². The highest BCUT2D eigenvalue weighted by molar-refractivity contribution is 6.13. The lowest BCUT2D eigenvalue weighted by atomic mass is 9.83. The highest BCUT2D eigenvalue weighted by atomic mass is 17.2. The second-order valence-electron chi connectivity index (χ2n) is 16.1. The van der Waals surface area contributed by atoms with Gasteiger partial charge in [0, 0.05) is 60.3 Å². The summed E-state index contributed by atoms with van der Waals surface area (Å²) >= 11 is 0. The summed E-state index contributed by atoms with van der Waals surface area (Å²) < 4.78 is 13.4. The van der Waals surface area contributed by atoms with Gasteiger partial charge in [0.1, 0.15) is 53.7 Å². The van der Waals surface area contributed by atoms with Crippen LogP contribution in [0.4, 0.5) is 5.69 Å². The molecule has 1 saturated heterocycles. The van der Waals surface area contributed by atoms with Crippen molar-refractivity contribution in [2.45, 2.75) is 94.5 Å². The van der Waals surface area contributed by atoms with E-state index < -0.39 is 67.3 Å². The van der Waals surface area contributed by atoms with Crippen LogP contribution in [0.3, 0.4) is 0 Å². The first-order valence-electron chi connectivity index (χ1n) is 19.7. The molecule has 0 aliphatic carbocycles. The molecule has 0 saturated carbocycles. The molecule has 0 radical (unpaired) electrons. The number of hydrogen-bond acceptors (Lipinski definition) is 15. The van der Waals surface area contributed by atoms with E-state index in [1.165, 1.54) is 17.0 Å². The number of aliphatic imine (C=N–C) groups is 1. The number of anilines is 1. The van der Waals surface area contributed by atoms with Crippen LogP contribution in [0.1, 0.15) is 50.9 Å². The summed E-state index contributed by atoms with van der Waals surface area (Å²) in [7, 11) is 0. The van der Waals surface area contributed by atoms with Gasteiger partial charge in [-0.05, 0) is 63.4 Å². The second kappa shape index (κ2) is 15.4. The van der Waals surface area contributed by atoms with Gasteiger partial charge in [0.15, 0.2) is 16.8 Å². The lowest BCUT2D eigenvalue weighted by molar-refractivity contribution is -0.365. The lowest BCUT2D eigenvalue weighted by Gasteiger charge is -2.44.